The van der Waals surface area contributed by atoms with Crippen molar-refractivity contribution >= 4 is 44.4 Å². The number of carbonyl (C=O) groups is 2. The molecule has 0 heterocycles. The number of anilines is 1. The van der Waals surface area contributed by atoms with E-state index in [-0.39, 0.29) is 12.3 Å². The van der Waals surface area contributed by atoms with Crippen molar-refractivity contribution in [3.05, 3.63) is 84.4 Å². The van der Waals surface area contributed by atoms with Gasteiger partial charge in [-0.1, -0.05) is 92.7 Å². The Morgan fingerprint density at radius 3 is 2.22 bits per heavy atom. The van der Waals surface area contributed by atoms with Crippen LogP contribution in [0.1, 0.15) is 32.3 Å². The van der Waals surface area contributed by atoms with Crippen molar-refractivity contribution in [2.75, 3.05) is 10.7 Å². The fourth-order valence-electron chi connectivity index (χ4n) is 4.30. The van der Waals surface area contributed by atoms with E-state index >= 15 is 0 Å². The van der Waals surface area contributed by atoms with Gasteiger partial charge in [0, 0.05) is 5.39 Å². The van der Waals surface area contributed by atoms with Crippen molar-refractivity contribution in [3.63, 3.8) is 0 Å². The van der Waals surface area contributed by atoms with Gasteiger partial charge in [0.2, 0.25) is 21.8 Å². The molecule has 8 nitrogen and oxygen atoms in total. The van der Waals surface area contributed by atoms with Crippen molar-refractivity contribution in [3.8, 4) is 0 Å². The highest BCUT2D eigenvalue weighted by atomic mass is 32.2. The lowest BCUT2D eigenvalue weighted by molar-refractivity contribution is -0.140. The van der Waals surface area contributed by atoms with E-state index in [1.807, 2.05) is 68.5 Å². The highest BCUT2D eigenvalue weighted by molar-refractivity contribution is 7.92. The quantitative estimate of drug-likeness (QED) is 0.252. The maximum Gasteiger partial charge on any atom is 0.249 e. The lowest BCUT2D eigenvalue weighted by atomic mass is 9.82. The summed E-state index contributed by atoms with van der Waals surface area (Å²) in [6, 6.07) is 21.9. The third-order valence-electron chi connectivity index (χ3n) is 6.02. The number of sulfonamides is 1. The summed E-state index contributed by atoms with van der Waals surface area (Å²) in [6.45, 7) is 3.82. The number of hydrogen-bond donors (Lipinski definition) is 3. The Bertz CT molecular complexity index is 1350. The minimum atomic E-state index is -3.93. The molecule has 3 rings (SSSR count). The Hall–Kier alpha value is -3.69. The Kier molecular flexibility index (Phi) is 9.43. The average molecular weight is 524 g/mol. The third-order valence-corrected chi connectivity index (χ3v) is 6.97. The first kappa shape index (κ1) is 27.9. The highest BCUT2D eigenvalue weighted by Crippen LogP contribution is 2.29. The molecule has 0 fully saturated rings. The second-order valence-corrected chi connectivity index (χ2v) is 11.2. The van der Waals surface area contributed by atoms with Crippen LogP contribution in [-0.2, 0) is 19.6 Å². The first-order chi connectivity index (χ1) is 17.6. The van der Waals surface area contributed by atoms with Crippen LogP contribution in [0.2, 0.25) is 0 Å². The SMILES string of the molecule is CC(C)C[C@@H](C(=O)NN(c1cccc2ccccc12)S(C)(=O)=O)[C@H](C/C=C/c1ccccc1)C(=O)NO. The van der Waals surface area contributed by atoms with E-state index in [0.717, 1.165) is 21.6 Å². The molecule has 0 aliphatic heterocycles. The lowest BCUT2D eigenvalue weighted by Gasteiger charge is -2.30. The zero-order valence-corrected chi connectivity index (χ0v) is 22.0. The van der Waals surface area contributed by atoms with Crippen molar-refractivity contribution < 1.29 is 23.2 Å². The third kappa shape index (κ3) is 7.41. The molecule has 37 heavy (non-hydrogen) atoms. The predicted molar refractivity (Wildman–Crippen MR) is 146 cm³/mol. The molecule has 0 bridgehead atoms. The van der Waals surface area contributed by atoms with Crippen LogP contribution >= 0.6 is 0 Å². The molecular formula is C28H33N3O5S. The van der Waals surface area contributed by atoms with Crippen LogP contribution in [0.4, 0.5) is 5.69 Å². The van der Waals surface area contributed by atoms with Crippen molar-refractivity contribution in [1.29, 1.82) is 0 Å². The number of fused-ring (bicyclic) bond motifs is 1. The zero-order chi connectivity index (χ0) is 27.0. The molecule has 3 aromatic carbocycles. The second kappa shape index (κ2) is 12.5. The van der Waals surface area contributed by atoms with E-state index in [4.69, 9.17) is 0 Å². The summed E-state index contributed by atoms with van der Waals surface area (Å²) in [5, 5.41) is 10.9. The minimum absolute atomic E-state index is 0.0204. The molecule has 0 aliphatic rings. The minimum Gasteiger partial charge on any atom is -0.289 e. The van der Waals surface area contributed by atoms with Gasteiger partial charge in [-0.05, 0) is 35.8 Å². The Labute approximate surface area is 218 Å². The van der Waals surface area contributed by atoms with E-state index in [2.05, 4.69) is 5.43 Å². The number of nitrogens with zero attached hydrogens (tertiary/aromatic N) is 1. The summed E-state index contributed by atoms with van der Waals surface area (Å²) in [6.07, 6.45) is 5.08. The number of allylic oxidation sites excluding steroid dienone is 1. The normalized spacial score (nSPS) is 13.4. The summed E-state index contributed by atoms with van der Waals surface area (Å²) in [5.41, 5.74) is 5.46. The molecule has 0 aromatic heterocycles. The van der Waals surface area contributed by atoms with Crippen LogP contribution < -0.4 is 15.3 Å². The van der Waals surface area contributed by atoms with Crippen molar-refractivity contribution in [1.82, 2.24) is 10.9 Å². The van der Waals surface area contributed by atoms with Crippen LogP contribution in [0, 0.1) is 17.8 Å². The zero-order valence-electron chi connectivity index (χ0n) is 21.2. The molecule has 3 aromatic rings. The van der Waals surface area contributed by atoms with Gasteiger partial charge in [-0.25, -0.2) is 13.9 Å². The van der Waals surface area contributed by atoms with E-state index in [1.54, 1.807) is 35.8 Å². The molecule has 0 aliphatic carbocycles. The number of amides is 2. The maximum atomic E-state index is 13.6. The molecule has 0 radical (unpaired) electrons. The van der Waals surface area contributed by atoms with Gasteiger partial charge < -0.3 is 0 Å². The van der Waals surface area contributed by atoms with Crippen molar-refractivity contribution in [2.24, 2.45) is 17.8 Å². The number of nitrogens with one attached hydrogen (secondary N) is 2. The number of hydrogen-bond acceptors (Lipinski definition) is 5. The number of rotatable bonds is 11. The predicted octanol–water partition coefficient (Wildman–Crippen LogP) is 4.52. The summed E-state index contributed by atoms with van der Waals surface area (Å²) < 4.78 is 26.5. The number of benzene rings is 3. The smallest absolute Gasteiger partial charge is 0.249 e. The van der Waals surface area contributed by atoms with E-state index < -0.39 is 33.7 Å². The van der Waals surface area contributed by atoms with E-state index in [0.29, 0.717) is 17.5 Å². The van der Waals surface area contributed by atoms with E-state index in [9.17, 15) is 23.2 Å². The van der Waals surface area contributed by atoms with E-state index in [1.165, 1.54) is 0 Å². The van der Waals surface area contributed by atoms with Gasteiger partial charge >= 0.3 is 0 Å². The molecule has 196 valence electrons. The maximum absolute atomic E-state index is 13.6. The van der Waals surface area contributed by atoms with Crippen LogP contribution in [-0.4, -0.2) is 31.7 Å². The van der Waals surface area contributed by atoms with Crippen LogP contribution in [0.15, 0.2) is 78.9 Å². The van der Waals surface area contributed by atoms with Gasteiger partial charge in [-0.3, -0.25) is 20.2 Å². The number of hydroxylamine groups is 1. The van der Waals surface area contributed by atoms with Gasteiger partial charge in [0.1, 0.15) is 0 Å². The van der Waals surface area contributed by atoms with Crippen LogP contribution in [0.5, 0.6) is 0 Å². The summed E-state index contributed by atoms with van der Waals surface area (Å²) in [4.78, 5) is 26.3. The first-order valence-electron chi connectivity index (χ1n) is 12.1. The van der Waals surface area contributed by atoms with Crippen LogP contribution in [0.3, 0.4) is 0 Å². The molecular weight excluding hydrogens is 490 g/mol. The molecule has 0 saturated heterocycles. The standard InChI is InChI=1S/C28H33N3O5S/c1-20(2)19-25(24(28(33)30-34)17-9-13-21-11-5-4-6-12-21)27(32)29-31(37(3,35)36)26-18-10-15-22-14-7-8-16-23(22)26/h4-16,18,20,24-25,34H,17,19H2,1-3H3,(H,29,32)(H,30,33)/b13-9+/t24-,25+/m0/s1. The molecule has 9 heteroatoms. The largest absolute Gasteiger partial charge is 0.289 e. The first-order valence-corrected chi connectivity index (χ1v) is 13.9. The lowest BCUT2D eigenvalue weighted by Crippen LogP contribution is -2.51. The number of hydrazine groups is 1. The van der Waals surface area contributed by atoms with Gasteiger partial charge in [-0.2, -0.15) is 4.41 Å². The highest BCUT2D eigenvalue weighted by Gasteiger charge is 2.35. The Morgan fingerprint density at radius 1 is 0.919 bits per heavy atom. The summed E-state index contributed by atoms with van der Waals surface area (Å²) >= 11 is 0. The van der Waals surface area contributed by atoms with Crippen LogP contribution in [0.25, 0.3) is 16.8 Å². The Balaban J connectivity index is 1.96. The van der Waals surface area contributed by atoms with Gasteiger partial charge in [0.15, 0.2) is 0 Å². The molecule has 3 N–H and O–H groups in total. The van der Waals surface area contributed by atoms with Gasteiger partial charge in [-0.15, -0.1) is 0 Å². The molecule has 0 saturated carbocycles. The number of carbonyl (C=O) groups excluding carboxylic acids is 2. The topological polar surface area (TPSA) is 116 Å². The fraction of sp³-hybridized carbons (Fsp3) is 0.286. The summed E-state index contributed by atoms with van der Waals surface area (Å²) in [5.74, 6) is -3.16. The second-order valence-electron chi connectivity index (χ2n) is 9.37. The fourth-order valence-corrected chi connectivity index (χ4v) is 5.08. The molecule has 2 atom stereocenters. The molecule has 0 unspecified atom stereocenters. The molecule has 0 spiro atoms. The molecule has 2 amide bonds. The van der Waals surface area contributed by atoms with Gasteiger partial charge in [0.05, 0.1) is 23.8 Å². The van der Waals surface area contributed by atoms with Gasteiger partial charge in [0.25, 0.3) is 0 Å². The monoisotopic (exact) mass is 523 g/mol. The average Bonchev–Trinajstić information content (AvgIpc) is 2.87. The summed E-state index contributed by atoms with van der Waals surface area (Å²) in [7, 11) is -3.93. The Morgan fingerprint density at radius 2 is 1.57 bits per heavy atom. The van der Waals surface area contributed by atoms with Crippen molar-refractivity contribution in [2.45, 2.75) is 26.7 Å².